The lowest BCUT2D eigenvalue weighted by Gasteiger charge is -2.30. The molecule has 1 atom stereocenters. The molecule has 20 heavy (non-hydrogen) atoms. The van der Waals surface area contributed by atoms with Crippen molar-refractivity contribution < 1.29 is 4.42 Å². The molecule has 0 aliphatic heterocycles. The molecule has 2 nitrogen and oxygen atoms in total. The van der Waals surface area contributed by atoms with Crippen LogP contribution in [0.25, 0.3) is 0 Å². The first-order chi connectivity index (χ1) is 9.88. The molecule has 1 aliphatic carbocycles. The summed E-state index contributed by atoms with van der Waals surface area (Å²) in [5, 5.41) is 3.48. The summed E-state index contributed by atoms with van der Waals surface area (Å²) in [5.41, 5.74) is 3.03. The van der Waals surface area contributed by atoms with Crippen LogP contribution in [0.4, 0.5) is 0 Å². The molecule has 0 bridgehead atoms. The van der Waals surface area contributed by atoms with E-state index in [9.17, 15) is 0 Å². The Kier molecular flexibility index (Phi) is 4.22. The third-order valence-electron chi connectivity index (χ3n) is 4.52. The van der Waals surface area contributed by atoms with Gasteiger partial charge in [0.05, 0.1) is 6.26 Å². The predicted octanol–water partition coefficient (Wildman–Crippen LogP) is 4.44. The number of nitrogens with one attached hydrogen (secondary N) is 1. The Morgan fingerprint density at radius 2 is 2.05 bits per heavy atom. The van der Waals surface area contributed by atoms with E-state index in [0.717, 1.165) is 24.5 Å². The summed E-state index contributed by atoms with van der Waals surface area (Å²) in [4.78, 5) is 0. The lowest BCUT2D eigenvalue weighted by Crippen LogP contribution is -2.21. The molecule has 0 amide bonds. The van der Waals surface area contributed by atoms with Crippen molar-refractivity contribution >= 4 is 0 Å². The molecule has 2 heteroatoms. The normalized spacial score (nSPS) is 16.9. The topological polar surface area (TPSA) is 25.2 Å². The van der Waals surface area contributed by atoms with Crippen molar-refractivity contribution in [3.05, 3.63) is 59.5 Å². The van der Waals surface area contributed by atoms with Gasteiger partial charge in [-0.2, -0.15) is 0 Å². The standard InChI is InChI=1S/C18H23NO/c1-19-18(12-11-15-8-5-13-20-15)17-10-3-2-9-16(17)14-6-4-7-14/h2-3,5,8-10,13-14,18-19H,4,6-7,11-12H2,1H3. The molecule has 1 saturated carbocycles. The van der Waals surface area contributed by atoms with Crippen LogP contribution in [0.5, 0.6) is 0 Å². The van der Waals surface area contributed by atoms with E-state index >= 15 is 0 Å². The minimum atomic E-state index is 0.414. The van der Waals surface area contributed by atoms with Crippen LogP contribution in [-0.4, -0.2) is 7.05 Å². The highest BCUT2D eigenvalue weighted by atomic mass is 16.3. The number of hydrogen-bond acceptors (Lipinski definition) is 2. The van der Waals surface area contributed by atoms with Crippen LogP contribution in [0.2, 0.25) is 0 Å². The number of aryl methyl sites for hydroxylation is 1. The first kappa shape index (κ1) is 13.4. The Morgan fingerprint density at radius 1 is 1.20 bits per heavy atom. The number of benzene rings is 1. The van der Waals surface area contributed by atoms with Crippen LogP contribution >= 0.6 is 0 Å². The van der Waals surface area contributed by atoms with Crippen molar-refractivity contribution in [3.63, 3.8) is 0 Å². The zero-order valence-electron chi connectivity index (χ0n) is 12.1. The molecule has 0 spiro atoms. The predicted molar refractivity (Wildman–Crippen MR) is 81.9 cm³/mol. The van der Waals surface area contributed by atoms with Crippen LogP contribution in [0, 0.1) is 0 Å². The van der Waals surface area contributed by atoms with Crippen molar-refractivity contribution in [2.45, 2.75) is 44.1 Å². The van der Waals surface area contributed by atoms with Crippen LogP contribution < -0.4 is 5.32 Å². The molecule has 1 unspecified atom stereocenters. The second-order valence-electron chi connectivity index (χ2n) is 5.72. The van der Waals surface area contributed by atoms with Gasteiger partial charge in [0.2, 0.25) is 0 Å². The summed E-state index contributed by atoms with van der Waals surface area (Å²) < 4.78 is 5.45. The molecule has 3 rings (SSSR count). The van der Waals surface area contributed by atoms with Gasteiger partial charge in [-0.3, -0.25) is 0 Å². The van der Waals surface area contributed by atoms with Crippen molar-refractivity contribution in [2.75, 3.05) is 7.05 Å². The summed E-state index contributed by atoms with van der Waals surface area (Å²) in [6, 6.07) is 13.4. The Balaban J connectivity index is 1.74. The monoisotopic (exact) mass is 269 g/mol. The fourth-order valence-corrected chi connectivity index (χ4v) is 3.12. The van der Waals surface area contributed by atoms with Crippen molar-refractivity contribution in [1.29, 1.82) is 0 Å². The minimum absolute atomic E-state index is 0.414. The SMILES string of the molecule is CNC(CCc1ccco1)c1ccccc1C1CCC1. The van der Waals surface area contributed by atoms with Crippen LogP contribution in [0.3, 0.4) is 0 Å². The van der Waals surface area contributed by atoms with Crippen LogP contribution in [0.15, 0.2) is 47.1 Å². The van der Waals surface area contributed by atoms with E-state index in [0.29, 0.717) is 6.04 Å². The van der Waals surface area contributed by atoms with E-state index in [1.165, 1.54) is 24.8 Å². The fraction of sp³-hybridized carbons (Fsp3) is 0.444. The van der Waals surface area contributed by atoms with Crippen molar-refractivity contribution in [2.24, 2.45) is 0 Å². The van der Waals surface area contributed by atoms with Gasteiger partial charge in [-0.25, -0.2) is 0 Å². The van der Waals surface area contributed by atoms with E-state index in [-0.39, 0.29) is 0 Å². The lowest BCUT2D eigenvalue weighted by molar-refractivity contribution is 0.409. The molecule has 2 aromatic rings. The Morgan fingerprint density at radius 3 is 2.70 bits per heavy atom. The zero-order valence-corrected chi connectivity index (χ0v) is 12.1. The number of furan rings is 1. The summed E-state index contributed by atoms with van der Waals surface area (Å²) in [6.07, 6.45) is 7.91. The maximum absolute atomic E-state index is 5.45. The van der Waals surface area contributed by atoms with E-state index in [4.69, 9.17) is 4.42 Å². The van der Waals surface area contributed by atoms with E-state index in [1.807, 2.05) is 6.07 Å². The quantitative estimate of drug-likeness (QED) is 0.838. The number of hydrogen-bond donors (Lipinski definition) is 1. The van der Waals surface area contributed by atoms with Gasteiger partial charge in [0, 0.05) is 12.5 Å². The van der Waals surface area contributed by atoms with Gasteiger partial charge in [-0.1, -0.05) is 30.7 Å². The third kappa shape index (κ3) is 2.80. The van der Waals surface area contributed by atoms with Gasteiger partial charge in [0.1, 0.15) is 5.76 Å². The Hall–Kier alpha value is -1.54. The first-order valence-corrected chi connectivity index (χ1v) is 7.67. The van der Waals surface area contributed by atoms with E-state index in [1.54, 1.807) is 11.8 Å². The average Bonchev–Trinajstić information content (AvgIpc) is 2.92. The molecule has 106 valence electrons. The Labute approximate surface area is 121 Å². The molecule has 1 N–H and O–H groups in total. The van der Waals surface area contributed by atoms with Crippen molar-refractivity contribution in [1.82, 2.24) is 5.32 Å². The van der Waals surface area contributed by atoms with Gasteiger partial charge >= 0.3 is 0 Å². The molecule has 0 saturated heterocycles. The van der Waals surface area contributed by atoms with Gasteiger partial charge in [-0.05, 0) is 55.5 Å². The second-order valence-corrected chi connectivity index (χ2v) is 5.72. The van der Waals surface area contributed by atoms with E-state index in [2.05, 4.69) is 42.7 Å². The summed E-state index contributed by atoms with van der Waals surface area (Å²) >= 11 is 0. The molecule has 1 fully saturated rings. The average molecular weight is 269 g/mol. The largest absolute Gasteiger partial charge is 0.469 e. The van der Waals surface area contributed by atoms with Crippen LogP contribution in [0.1, 0.15) is 54.5 Å². The molecule has 1 aliphatic rings. The maximum atomic E-state index is 5.45. The smallest absolute Gasteiger partial charge is 0.103 e. The Bertz CT molecular complexity index is 528. The zero-order chi connectivity index (χ0) is 13.8. The highest BCUT2D eigenvalue weighted by Gasteiger charge is 2.24. The van der Waals surface area contributed by atoms with Gasteiger partial charge in [0.15, 0.2) is 0 Å². The third-order valence-corrected chi connectivity index (χ3v) is 4.52. The van der Waals surface area contributed by atoms with Crippen LogP contribution in [-0.2, 0) is 6.42 Å². The minimum Gasteiger partial charge on any atom is -0.469 e. The van der Waals surface area contributed by atoms with E-state index < -0.39 is 0 Å². The molecule has 1 heterocycles. The summed E-state index contributed by atoms with van der Waals surface area (Å²) in [5.74, 6) is 1.86. The van der Waals surface area contributed by atoms with Gasteiger partial charge in [-0.15, -0.1) is 0 Å². The number of rotatable bonds is 6. The summed E-state index contributed by atoms with van der Waals surface area (Å²) in [6.45, 7) is 0. The second kappa shape index (κ2) is 6.27. The molecular weight excluding hydrogens is 246 g/mol. The first-order valence-electron chi connectivity index (χ1n) is 7.67. The molecule has 0 radical (unpaired) electrons. The summed E-state index contributed by atoms with van der Waals surface area (Å²) in [7, 11) is 2.06. The maximum Gasteiger partial charge on any atom is 0.103 e. The van der Waals surface area contributed by atoms with Gasteiger partial charge < -0.3 is 9.73 Å². The molecule has 1 aromatic carbocycles. The van der Waals surface area contributed by atoms with Gasteiger partial charge in [0.25, 0.3) is 0 Å². The van der Waals surface area contributed by atoms with Crippen molar-refractivity contribution in [3.8, 4) is 0 Å². The highest BCUT2D eigenvalue weighted by molar-refractivity contribution is 5.34. The molecule has 1 aromatic heterocycles. The fourth-order valence-electron chi connectivity index (χ4n) is 3.12. The highest BCUT2D eigenvalue weighted by Crippen LogP contribution is 2.40. The molecular formula is C18H23NO. The lowest BCUT2D eigenvalue weighted by atomic mass is 9.77.